The van der Waals surface area contributed by atoms with E-state index in [1.807, 2.05) is 20.8 Å². The summed E-state index contributed by atoms with van der Waals surface area (Å²) in [5.41, 5.74) is 0.681. The van der Waals surface area contributed by atoms with Crippen LogP contribution in [0.15, 0.2) is 34.1 Å². The van der Waals surface area contributed by atoms with Crippen LogP contribution in [0, 0.1) is 47.3 Å². The molecule has 0 aromatic heterocycles. The van der Waals surface area contributed by atoms with Crippen molar-refractivity contribution >= 4 is 11.8 Å². The summed E-state index contributed by atoms with van der Waals surface area (Å²) < 4.78 is 48.0. The Bertz CT molecular complexity index is 1180. The van der Waals surface area contributed by atoms with Gasteiger partial charge >= 0.3 is 0 Å². The molecule has 8 atom stereocenters. The van der Waals surface area contributed by atoms with Crippen molar-refractivity contribution in [3.05, 3.63) is 45.9 Å². The van der Waals surface area contributed by atoms with E-state index < -0.39 is 30.8 Å². The van der Waals surface area contributed by atoms with Crippen LogP contribution >= 0.6 is 11.8 Å². The maximum atomic E-state index is 9.88. The molecule has 3 fully saturated rings. The molecular formula is C37H62IrN2O3S-2. The normalized spacial score (nSPS) is 34.7. The Hall–Kier alpha value is -0.431. The van der Waals surface area contributed by atoms with E-state index in [-0.39, 0.29) is 56.0 Å². The second kappa shape index (κ2) is 17.1. The Kier molecular flexibility index (Phi) is 12.0. The van der Waals surface area contributed by atoms with E-state index in [0.717, 1.165) is 62.0 Å². The van der Waals surface area contributed by atoms with E-state index >= 15 is 0 Å². The zero-order chi connectivity index (χ0) is 35.6. The van der Waals surface area contributed by atoms with Gasteiger partial charge in [-0.05, 0) is 84.7 Å². The Labute approximate surface area is 294 Å². The number of ether oxygens (including phenoxy) is 1. The summed E-state index contributed by atoms with van der Waals surface area (Å²) in [5.74, 6) is 3.16. The smallest absolute Gasteiger partial charge is 0.131 e. The van der Waals surface area contributed by atoms with Crippen molar-refractivity contribution < 1.29 is 41.9 Å². The fourth-order valence-corrected chi connectivity index (χ4v) is 9.05. The number of aliphatic hydroxyl groups excluding tert-OH is 2. The maximum Gasteiger partial charge on any atom is 0.131 e. The SMILES string of the molecule is CCC(CC)/C(O)=C/[C@@H](O)C(CC)CC.[2H]C([2H])([2H])[C@@H]1CCC2C(N1)OC1=C([C@@H]3[N-]CC=C4SCC(C([2H])([2H])C(C)(C)C)[C@@H]43)[CH-]CC[C@H]12.[Ir]. The molecule has 1 aliphatic carbocycles. The Balaban J connectivity index is 0.000000347. The van der Waals surface area contributed by atoms with Crippen molar-refractivity contribution in [1.82, 2.24) is 5.32 Å². The first kappa shape index (κ1) is 30.9. The summed E-state index contributed by atoms with van der Waals surface area (Å²) in [4.78, 5) is 1.28. The molecule has 4 aliphatic heterocycles. The van der Waals surface area contributed by atoms with Gasteiger partial charge < -0.3 is 20.3 Å². The molecule has 0 saturated carbocycles. The minimum atomic E-state index is -2.02. The van der Waals surface area contributed by atoms with Crippen LogP contribution in [-0.2, 0) is 24.8 Å². The van der Waals surface area contributed by atoms with Gasteiger partial charge in [0.1, 0.15) is 6.23 Å². The third-order valence-electron chi connectivity index (χ3n) is 10.1. The van der Waals surface area contributed by atoms with Crippen molar-refractivity contribution in [3.63, 3.8) is 0 Å². The molecular weight excluding hydrogens is 745 g/mol. The summed E-state index contributed by atoms with van der Waals surface area (Å²) in [6.45, 7) is 12.9. The quantitative estimate of drug-likeness (QED) is 0.160. The fraction of sp³-hybridized carbons (Fsp3) is 0.811. The van der Waals surface area contributed by atoms with Crippen molar-refractivity contribution in [2.75, 3.05) is 12.3 Å². The topological polar surface area (TPSA) is 75.8 Å². The number of allylic oxidation sites excluding steroid dienone is 2. The van der Waals surface area contributed by atoms with Crippen LogP contribution in [0.2, 0.25) is 0 Å². The van der Waals surface area contributed by atoms with Crippen molar-refractivity contribution in [1.29, 1.82) is 0 Å². The number of piperidine rings is 1. The zero-order valence-corrected chi connectivity index (χ0v) is 31.3. The maximum absolute atomic E-state index is 9.88. The van der Waals surface area contributed by atoms with Gasteiger partial charge in [0, 0.05) is 50.6 Å². The minimum Gasteiger partial charge on any atom is -0.654 e. The number of nitrogens with zero attached hydrogens (tertiary/aromatic N) is 1. The largest absolute Gasteiger partial charge is 0.654 e. The van der Waals surface area contributed by atoms with E-state index in [1.165, 1.54) is 4.91 Å². The second-order valence-electron chi connectivity index (χ2n) is 14.1. The number of fused-ring (bicyclic) bond motifs is 4. The molecule has 3 saturated heterocycles. The minimum absolute atomic E-state index is 0. The van der Waals surface area contributed by atoms with Gasteiger partial charge in [-0.25, -0.2) is 6.42 Å². The predicted molar refractivity (Wildman–Crippen MR) is 183 cm³/mol. The number of hydrogen-bond donors (Lipinski definition) is 3. The van der Waals surface area contributed by atoms with Crippen molar-refractivity contribution in [2.24, 2.45) is 40.9 Å². The number of hydrogen-bond acceptors (Lipinski definition) is 5. The zero-order valence-electron chi connectivity index (χ0n) is 33.1. The Morgan fingerprint density at radius 3 is 2.57 bits per heavy atom. The fourth-order valence-electron chi connectivity index (χ4n) is 7.71. The van der Waals surface area contributed by atoms with Gasteiger partial charge in [-0.15, -0.1) is 30.8 Å². The Morgan fingerprint density at radius 2 is 1.93 bits per heavy atom. The monoisotopic (exact) mass is 812 g/mol. The first-order valence-corrected chi connectivity index (χ1v) is 18.1. The van der Waals surface area contributed by atoms with Crippen LogP contribution in [-0.4, -0.2) is 46.9 Å². The summed E-state index contributed by atoms with van der Waals surface area (Å²) >= 11 is 1.80. The van der Waals surface area contributed by atoms with Crippen LogP contribution in [0.1, 0.15) is 120 Å². The van der Waals surface area contributed by atoms with E-state index in [2.05, 4.69) is 45.5 Å². The van der Waals surface area contributed by atoms with Crippen LogP contribution in [0.25, 0.3) is 5.32 Å². The molecule has 3 N–H and O–H groups in total. The number of rotatable bonds is 9. The molecule has 5 rings (SSSR count). The van der Waals surface area contributed by atoms with Gasteiger partial charge in [-0.1, -0.05) is 73.8 Å². The Morgan fingerprint density at radius 1 is 1.20 bits per heavy atom. The molecule has 0 spiro atoms. The van der Waals surface area contributed by atoms with Gasteiger partial charge in [0.25, 0.3) is 0 Å². The molecule has 0 aromatic carbocycles. The van der Waals surface area contributed by atoms with Gasteiger partial charge in [0.15, 0.2) is 0 Å². The first-order chi connectivity index (χ1) is 22.5. The van der Waals surface area contributed by atoms with Crippen LogP contribution in [0.3, 0.4) is 0 Å². The number of thioether (sulfide) groups is 1. The van der Waals surface area contributed by atoms with E-state index in [0.29, 0.717) is 30.6 Å². The average molecular weight is 812 g/mol. The number of aliphatic hydroxyl groups is 2. The van der Waals surface area contributed by atoms with Crippen LogP contribution < -0.4 is 5.32 Å². The third kappa shape index (κ3) is 9.13. The first-order valence-electron chi connectivity index (χ1n) is 19.6. The molecule has 255 valence electrons. The molecule has 3 unspecified atom stereocenters. The summed E-state index contributed by atoms with van der Waals surface area (Å²) in [7, 11) is 0. The summed E-state index contributed by atoms with van der Waals surface area (Å²) in [6, 6.07) is -0.603. The van der Waals surface area contributed by atoms with Gasteiger partial charge in [-0.2, -0.15) is 5.57 Å². The molecule has 5 aliphatic rings. The second-order valence-corrected chi connectivity index (χ2v) is 15.2. The molecule has 7 heteroatoms. The van der Waals surface area contributed by atoms with Gasteiger partial charge in [0.05, 0.1) is 11.9 Å². The molecule has 1 radical (unpaired) electrons. The van der Waals surface area contributed by atoms with E-state index in [1.54, 1.807) is 17.8 Å². The van der Waals surface area contributed by atoms with Crippen LogP contribution in [0.4, 0.5) is 0 Å². The van der Waals surface area contributed by atoms with Gasteiger partial charge in [-0.3, -0.25) is 5.32 Å². The molecule has 44 heavy (non-hydrogen) atoms. The number of nitrogens with one attached hydrogen (secondary N) is 1. The third-order valence-corrected chi connectivity index (χ3v) is 11.4. The summed E-state index contributed by atoms with van der Waals surface area (Å²) in [6.07, 6.45) is 11.3. The summed E-state index contributed by atoms with van der Waals surface area (Å²) in [5, 5.41) is 28.0. The molecule has 4 heterocycles. The molecule has 5 nitrogen and oxygen atoms in total. The van der Waals surface area contributed by atoms with Crippen molar-refractivity contribution in [2.45, 2.75) is 137 Å². The van der Waals surface area contributed by atoms with Gasteiger partial charge in [0.2, 0.25) is 0 Å². The van der Waals surface area contributed by atoms with E-state index in [4.69, 9.17) is 16.9 Å². The predicted octanol–water partition coefficient (Wildman–Crippen LogP) is 9.31. The van der Waals surface area contributed by atoms with Crippen LogP contribution in [0.5, 0.6) is 0 Å². The van der Waals surface area contributed by atoms with E-state index in [9.17, 15) is 10.2 Å². The van der Waals surface area contributed by atoms with Crippen molar-refractivity contribution in [3.8, 4) is 0 Å². The molecule has 0 bridgehead atoms. The standard InChI is InChI=1S/C24H36N2OS.C13H26O2.Ir/c1-14-8-9-17-16-6-5-7-18(22(16)27-23(17)26-14)21-20-15(12-24(2,3)4)13-28-19(20)10-11-25-21;1-5-10(6-2)12(14)9-13(15)11(7-3)8-4;/h7,10,14-17,20-21,23,26H,5-6,8-9,11-13H2,1-4H3;9-12,14-15H,5-8H2,1-4H3;/q-2;;/b;13-9-;/t14-,15?,16+,17?,20+,21+,23?;12-;/m11./s1/i1D3,12D2;;. The molecule has 0 aromatic rings. The average Bonchev–Trinajstić information content (AvgIpc) is 3.63. The molecule has 0 amide bonds.